The molecular weight excluding hydrogens is 999 g/mol. The van der Waals surface area contributed by atoms with Crippen molar-refractivity contribution >= 4 is 46.2 Å². The minimum Gasteiger partial charge on any atom is -0.501 e. The van der Waals surface area contributed by atoms with Crippen LogP contribution < -0.4 is 5.19 Å². The first-order valence-corrected chi connectivity index (χ1v) is 26.8. The molecule has 0 amide bonds. The molecule has 0 saturated carbocycles. The average molecular weight is 1060 g/mol. The van der Waals surface area contributed by atoms with E-state index in [9.17, 15) is 0 Å². The third-order valence-electron chi connectivity index (χ3n) is 12.3. The van der Waals surface area contributed by atoms with Crippen molar-refractivity contribution in [3.05, 3.63) is 168 Å². The van der Waals surface area contributed by atoms with Gasteiger partial charge in [0.1, 0.15) is 5.58 Å². The summed E-state index contributed by atoms with van der Waals surface area (Å²) >= 11 is 0. The summed E-state index contributed by atoms with van der Waals surface area (Å²) in [6.45, 7) is 30.0. The molecule has 0 N–H and O–H groups in total. The predicted octanol–water partition coefficient (Wildman–Crippen LogP) is 16.3. The number of hydrogen-bond acceptors (Lipinski definition) is 3. The Labute approximate surface area is 408 Å². The van der Waals surface area contributed by atoms with Crippen LogP contribution in [0.15, 0.2) is 138 Å². The molecule has 0 aliphatic rings. The van der Waals surface area contributed by atoms with Crippen molar-refractivity contribution in [1.82, 2.24) is 14.5 Å². The Balaban J connectivity index is 0.000000216. The molecule has 3 heterocycles. The van der Waals surface area contributed by atoms with E-state index in [0.717, 1.165) is 62.0 Å². The summed E-state index contributed by atoms with van der Waals surface area (Å²) in [5.74, 6) is 1.45. The van der Waals surface area contributed by atoms with Crippen LogP contribution in [0.25, 0.3) is 72.4 Å². The van der Waals surface area contributed by atoms with Gasteiger partial charge in [-0.2, -0.15) is 0 Å². The van der Waals surface area contributed by atoms with Gasteiger partial charge in [0.15, 0.2) is 0 Å². The van der Waals surface area contributed by atoms with Gasteiger partial charge in [-0.05, 0) is 92.6 Å². The van der Waals surface area contributed by atoms with Crippen LogP contribution in [0.1, 0.15) is 103 Å². The van der Waals surface area contributed by atoms with Crippen LogP contribution in [-0.4, -0.2) is 22.6 Å². The van der Waals surface area contributed by atoms with Crippen LogP contribution in [0.3, 0.4) is 0 Å². The maximum atomic E-state index is 6.47. The molecule has 1 radical (unpaired) electrons. The molecular formula is C60H65IrN3OSi-2. The largest absolute Gasteiger partial charge is 0.501 e. The Hall–Kier alpha value is -5.39. The van der Waals surface area contributed by atoms with Gasteiger partial charge in [0, 0.05) is 37.4 Å². The molecule has 4 nitrogen and oxygen atoms in total. The molecule has 0 spiro atoms. The normalized spacial score (nSPS) is 12.2. The van der Waals surface area contributed by atoms with E-state index in [1.54, 1.807) is 0 Å². The van der Waals surface area contributed by atoms with E-state index in [4.69, 9.17) is 14.4 Å². The predicted molar refractivity (Wildman–Crippen MR) is 280 cm³/mol. The van der Waals surface area contributed by atoms with Gasteiger partial charge in [0.2, 0.25) is 0 Å². The Morgan fingerprint density at radius 1 is 0.682 bits per heavy atom. The monoisotopic (exact) mass is 1060 g/mol. The number of furan rings is 1. The standard InChI is InChI=1S/C37H31N2O.C23H34NSi.Ir/c1-23(2)30-21-26(25-13-6-5-7-14-25)22-31(24(3)4)35(30)39-33-19-10-9-18-32(33)38-37(39)29-17-12-16-28-27-15-8-11-20-34(27)40-36(28)29;1-22(2,3)15-18-14-20(24-16-21(18)25(7,8)9)17-11-10-12-19(13-17)23(4,5)6;/h5-16,18-24H,1-4H3;10,12-14,16H,15H2,1-9H3;/q2*-1;. The van der Waals surface area contributed by atoms with Gasteiger partial charge in [-0.15, -0.1) is 53.6 Å². The third kappa shape index (κ3) is 10.1. The number of para-hydroxylation sites is 3. The van der Waals surface area contributed by atoms with Crippen molar-refractivity contribution in [3.63, 3.8) is 0 Å². The second kappa shape index (κ2) is 19.1. The van der Waals surface area contributed by atoms with Crippen LogP contribution in [0.4, 0.5) is 0 Å². The number of aromatic nitrogens is 3. The Kier molecular flexibility index (Phi) is 14.0. The molecule has 6 heteroatoms. The topological polar surface area (TPSA) is 43.9 Å². The van der Waals surface area contributed by atoms with Gasteiger partial charge < -0.3 is 14.0 Å². The minimum atomic E-state index is -1.42. The number of hydrogen-bond donors (Lipinski definition) is 0. The SMILES string of the molecule is CC(C)(C)Cc1cc(-c2[c-]ccc(C(C)(C)C)c2)ncc1[Si](C)(C)C.CC(C)c1cc(-c2ccccc2)cc(C(C)C)c1-n1c(-c2[c-]ccc3c2oc2ccccc23)nc2ccccc21.[Ir]. The molecule has 9 rings (SSSR count). The van der Waals surface area contributed by atoms with Crippen molar-refractivity contribution in [1.29, 1.82) is 0 Å². The molecule has 66 heavy (non-hydrogen) atoms. The summed E-state index contributed by atoms with van der Waals surface area (Å²) in [6, 6.07) is 51.8. The summed E-state index contributed by atoms with van der Waals surface area (Å²) in [5.41, 5.74) is 16.2. The fraction of sp³-hybridized carbons (Fsp3) is 0.300. The first kappa shape index (κ1) is 48.5. The fourth-order valence-corrected chi connectivity index (χ4v) is 10.6. The molecule has 0 bridgehead atoms. The summed E-state index contributed by atoms with van der Waals surface area (Å²) in [5, 5.41) is 3.67. The van der Waals surface area contributed by atoms with Crippen molar-refractivity contribution in [2.45, 2.75) is 113 Å². The van der Waals surface area contributed by atoms with Gasteiger partial charge >= 0.3 is 0 Å². The zero-order chi connectivity index (χ0) is 46.4. The summed E-state index contributed by atoms with van der Waals surface area (Å²) < 4.78 is 8.83. The average Bonchev–Trinajstić information content (AvgIpc) is 3.84. The van der Waals surface area contributed by atoms with Gasteiger partial charge in [-0.25, -0.2) is 0 Å². The smallest absolute Gasteiger partial charge is 0.120 e. The maximum absolute atomic E-state index is 6.47. The van der Waals surface area contributed by atoms with Gasteiger partial charge in [-0.3, -0.25) is 4.98 Å². The van der Waals surface area contributed by atoms with E-state index in [2.05, 4.69) is 215 Å². The minimum absolute atomic E-state index is 0. The molecule has 6 aromatic carbocycles. The van der Waals surface area contributed by atoms with Crippen molar-refractivity contribution in [3.8, 4) is 39.5 Å². The molecule has 0 aliphatic heterocycles. The van der Waals surface area contributed by atoms with Gasteiger partial charge in [0.05, 0.1) is 30.5 Å². The van der Waals surface area contributed by atoms with E-state index in [0.29, 0.717) is 11.8 Å². The van der Waals surface area contributed by atoms with Crippen LogP contribution in [0.2, 0.25) is 19.6 Å². The van der Waals surface area contributed by atoms with Crippen molar-refractivity contribution in [2.75, 3.05) is 0 Å². The first-order chi connectivity index (χ1) is 30.8. The van der Waals surface area contributed by atoms with Crippen LogP contribution in [0.5, 0.6) is 0 Å². The number of imidazole rings is 1. The Morgan fingerprint density at radius 2 is 1.32 bits per heavy atom. The molecule has 0 atom stereocenters. The van der Waals surface area contributed by atoms with E-state index in [1.807, 2.05) is 24.3 Å². The first-order valence-electron chi connectivity index (χ1n) is 23.3. The quantitative estimate of drug-likeness (QED) is 0.113. The molecule has 0 unspecified atom stereocenters. The number of benzene rings is 6. The molecule has 341 valence electrons. The zero-order valence-electron chi connectivity index (χ0n) is 41.1. The van der Waals surface area contributed by atoms with Crippen molar-refractivity contribution < 1.29 is 24.5 Å². The number of pyridine rings is 1. The zero-order valence-corrected chi connectivity index (χ0v) is 44.5. The second-order valence-corrected chi connectivity index (χ2v) is 26.6. The molecule has 0 saturated heterocycles. The summed E-state index contributed by atoms with van der Waals surface area (Å²) in [7, 11) is -1.42. The maximum Gasteiger partial charge on any atom is 0.120 e. The Bertz CT molecular complexity index is 3110. The van der Waals surface area contributed by atoms with Crippen LogP contribution in [-0.2, 0) is 31.9 Å². The fourth-order valence-electron chi connectivity index (χ4n) is 9.01. The van der Waals surface area contributed by atoms with E-state index >= 15 is 0 Å². The number of fused-ring (bicyclic) bond motifs is 4. The number of nitrogens with zero attached hydrogens (tertiary/aromatic N) is 3. The molecule has 9 aromatic rings. The second-order valence-electron chi connectivity index (χ2n) is 21.6. The van der Waals surface area contributed by atoms with Crippen LogP contribution >= 0.6 is 0 Å². The summed E-state index contributed by atoms with van der Waals surface area (Å²) in [6.07, 6.45) is 3.22. The van der Waals surface area contributed by atoms with Gasteiger partial charge in [-0.1, -0.05) is 172 Å². The van der Waals surface area contributed by atoms with Gasteiger partial charge in [0.25, 0.3) is 0 Å². The van der Waals surface area contributed by atoms with Crippen LogP contribution in [0, 0.1) is 17.5 Å². The Morgan fingerprint density at radius 3 is 1.97 bits per heavy atom. The molecule has 0 aliphatic carbocycles. The van der Waals surface area contributed by atoms with Crippen molar-refractivity contribution in [2.24, 2.45) is 5.41 Å². The third-order valence-corrected chi connectivity index (χ3v) is 14.4. The van der Waals surface area contributed by atoms with E-state index in [1.165, 1.54) is 44.3 Å². The molecule has 3 aromatic heterocycles. The van der Waals surface area contributed by atoms with E-state index < -0.39 is 8.07 Å². The number of rotatable bonds is 8. The summed E-state index contributed by atoms with van der Waals surface area (Å²) in [4.78, 5) is 10.1. The molecule has 0 fully saturated rings. The van der Waals surface area contributed by atoms with E-state index in [-0.39, 0.29) is 30.9 Å².